The lowest BCUT2D eigenvalue weighted by Gasteiger charge is -2.29. The number of H-pyrrole nitrogens is 1. The van der Waals surface area contributed by atoms with Gasteiger partial charge in [0.25, 0.3) is 0 Å². The molecular weight excluding hydrogens is 458 g/mol. The van der Waals surface area contributed by atoms with Gasteiger partial charge in [-0.05, 0) is 79.8 Å². The summed E-state index contributed by atoms with van der Waals surface area (Å²) < 4.78 is 6.70. The van der Waals surface area contributed by atoms with Crippen LogP contribution in [-0.2, 0) is 9.53 Å². The summed E-state index contributed by atoms with van der Waals surface area (Å²) in [5.41, 5.74) is 3.94. The van der Waals surface area contributed by atoms with E-state index in [1.807, 2.05) is 29.3 Å². The number of carbonyl (C=O) groups excluding carboxylic acids is 1. The third-order valence-corrected chi connectivity index (χ3v) is 7.97. The lowest BCUT2D eigenvalue weighted by Crippen LogP contribution is -2.31. The summed E-state index contributed by atoms with van der Waals surface area (Å²) in [6.45, 7) is 5.37. The molecule has 7 nitrogen and oxygen atoms in total. The number of piperidine rings is 1. The average Bonchev–Trinajstić information content (AvgIpc) is 3.52. The number of ether oxygens (including phenoxy) is 1. The Kier molecular flexibility index (Phi) is 7.07. The highest BCUT2D eigenvalue weighted by Crippen LogP contribution is 2.33. The number of thiophene rings is 1. The maximum Gasteiger partial charge on any atom is 0.209 e. The zero-order valence-corrected chi connectivity index (χ0v) is 20.7. The molecule has 0 atom stereocenters. The number of likely N-dealkylation sites (tertiary alicyclic amines) is 1. The molecule has 6 rings (SSSR count). The second kappa shape index (κ2) is 10.5. The van der Waals surface area contributed by atoms with Gasteiger partial charge in [0.1, 0.15) is 5.82 Å². The van der Waals surface area contributed by atoms with Crippen LogP contribution >= 0.6 is 11.3 Å². The van der Waals surface area contributed by atoms with E-state index >= 15 is 0 Å². The molecule has 1 amide bonds. The van der Waals surface area contributed by atoms with E-state index in [1.165, 1.54) is 20.5 Å². The fourth-order valence-corrected chi connectivity index (χ4v) is 5.92. The Morgan fingerprint density at radius 1 is 1.14 bits per heavy atom. The molecule has 2 aliphatic heterocycles. The van der Waals surface area contributed by atoms with Crippen molar-refractivity contribution in [1.29, 1.82) is 5.26 Å². The molecule has 1 aromatic carbocycles. The largest absolute Gasteiger partial charge is 0.381 e. The minimum atomic E-state index is 0.447. The molecular formula is C27H29N5O2S. The molecule has 0 bridgehead atoms. The van der Waals surface area contributed by atoms with Gasteiger partial charge in [-0.25, -0.2) is 9.97 Å². The molecule has 35 heavy (non-hydrogen) atoms. The van der Waals surface area contributed by atoms with Crippen molar-refractivity contribution in [1.82, 2.24) is 19.9 Å². The first-order valence-corrected chi connectivity index (χ1v) is 13.0. The van der Waals surface area contributed by atoms with Crippen LogP contribution in [0.25, 0.3) is 21.3 Å². The molecule has 3 aromatic heterocycles. The first-order valence-electron chi connectivity index (χ1n) is 12.2. The van der Waals surface area contributed by atoms with Crippen molar-refractivity contribution >= 4 is 39.0 Å². The standard InChI is InChI=1S/C17H22N4O2.C10H7NS/c22-11-21-7-2-12(3-8-21)14-1-6-18-17-15(14)19-16(20-17)13-4-9-23-10-5-13;1-7-4-9-5-8(6-11)2-3-10(9)12-7/h1,6,11-13H,2-5,7-10H2,(H,18,19,20);2-5H,1H3. The van der Waals surface area contributed by atoms with Crippen LogP contribution in [0.5, 0.6) is 0 Å². The molecule has 1 N–H and O–H groups in total. The highest BCUT2D eigenvalue weighted by atomic mass is 32.1. The normalized spacial score (nSPS) is 17.2. The van der Waals surface area contributed by atoms with Crippen LogP contribution in [-0.4, -0.2) is 52.6 Å². The number of nitriles is 1. The number of nitrogens with one attached hydrogen (secondary N) is 1. The van der Waals surface area contributed by atoms with E-state index in [9.17, 15) is 4.79 Å². The summed E-state index contributed by atoms with van der Waals surface area (Å²) in [5.74, 6) is 1.97. The Morgan fingerprint density at radius 3 is 2.69 bits per heavy atom. The number of aromatic amines is 1. The van der Waals surface area contributed by atoms with Crippen LogP contribution < -0.4 is 0 Å². The number of pyridine rings is 1. The van der Waals surface area contributed by atoms with Gasteiger partial charge in [-0.2, -0.15) is 5.26 Å². The van der Waals surface area contributed by atoms with E-state index in [2.05, 4.69) is 35.1 Å². The zero-order chi connectivity index (χ0) is 24.2. The second-order valence-corrected chi connectivity index (χ2v) is 10.5. The highest BCUT2D eigenvalue weighted by Gasteiger charge is 2.24. The number of aromatic nitrogens is 3. The molecule has 0 radical (unpaired) electrons. The van der Waals surface area contributed by atoms with E-state index < -0.39 is 0 Å². The number of aryl methyl sites for hydroxylation is 1. The summed E-state index contributed by atoms with van der Waals surface area (Å²) in [4.78, 5) is 26.8. The molecule has 2 fully saturated rings. The molecule has 0 unspecified atom stereocenters. The molecule has 2 saturated heterocycles. The molecule has 180 valence electrons. The van der Waals surface area contributed by atoms with Crippen molar-refractivity contribution in [3.8, 4) is 6.07 Å². The van der Waals surface area contributed by atoms with Gasteiger partial charge in [0, 0.05) is 48.0 Å². The smallest absolute Gasteiger partial charge is 0.209 e. The number of imidazole rings is 1. The van der Waals surface area contributed by atoms with Crippen molar-refractivity contribution in [2.75, 3.05) is 26.3 Å². The number of fused-ring (bicyclic) bond motifs is 2. The number of rotatable bonds is 3. The number of amides is 1. The van der Waals surface area contributed by atoms with Crippen molar-refractivity contribution in [2.45, 2.75) is 44.4 Å². The van der Waals surface area contributed by atoms with E-state index in [4.69, 9.17) is 15.0 Å². The lowest BCUT2D eigenvalue weighted by molar-refractivity contribution is -0.119. The van der Waals surface area contributed by atoms with Crippen molar-refractivity contribution < 1.29 is 9.53 Å². The Bertz CT molecular complexity index is 1360. The predicted molar refractivity (Wildman–Crippen MR) is 138 cm³/mol. The molecule has 5 heterocycles. The van der Waals surface area contributed by atoms with Gasteiger partial charge in [-0.15, -0.1) is 11.3 Å². The number of hydrogen-bond donors (Lipinski definition) is 1. The third kappa shape index (κ3) is 5.21. The van der Waals surface area contributed by atoms with Gasteiger partial charge in [0.05, 0.1) is 17.1 Å². The van der Waals surface area contributed by atoms with Gasteiger partial charge >= 0.3 is 0 Å². The molecule has 0 saturated carbocycles. The molecule has 4 aromatic rings. The summed E-state index contributed by atoms with van der Waals surface area (Å²) in [7, 11) is 0. The summed E-state index contributed by atoms with van der Waals surface area (Å²) >= 11 is 1.76. The minimum Gasteiger partial charge on any atom is -0.381 e. The predicted octanol–water partition coefficient (Wildman–Crippen LogP) is 5.27. The van der Waals surface area contributed by atoms with E-state index in [-0.39, 0.29) is 0 Å². The fourth-order valence-electron chi connectivity index (χ4n) is 5.01. The number of hydrogen-bond acceptors (Lipinski definition) is 6. The number of nitrogens with zero attached hydrogens (tertiary/aromatic N) is 4. The Hall–Kier alpha value is -3.28. The minimum absolute atomic E-state index is 0.447. The van der Waals surface area contributed by atoms with Crippen molar-refractivity contribution in [3.05, 3.63) is 58.4 Å². The van der Waals surface area contributed by atoms with Crippen LogP contribution in [0, 0.1) is 18.3 Å². The molecule has 0 aliphatic carbocycles. The maximum atomic E-state index is 10.9. The van der Waals surface area contributed by atoms with Gasteiger partial charge < -0.3 is 14.6 Å². The van der Waals surface area contributed by atoms with Gasteiger partial charge in [-0.3, -0.25) is 4.79 Å². The van der Waals surface area contributed by atoms with Gasteiger partial charge in [-0.1, -0.05) is 0 Å². The average molecular weight is 488 g/mol. The zero-order valence-electron chi connectivity index (χ0n) is 19.9. The van der Waals surface area contributed by atoms with E-state index in [0.717, 1.165) is 80.9 Å². The van der Waals surface area contributed by atoms with Crippen LogP contribution in [0.15, 0.2) is 36.5 Å². The Balaban J connectivity index is 0.000000178. The monoisotopic (exact) mass is 487 g/mol. The van der Waals surface area contributed by atoms with E-state index in [0.29, 0.717) is 11.8 Å². The summed E-state index contributed by atoms with van der Waals surface area (Å²) in [5, 5.41) is 9.83. The van der Waals surface area contributed by atoms with E-state index in [1.54, 1.807) is 11.3 Å². The van der Waals surface area contributed by atoms with Gasteiger partial charge in [0.2, 0.25) is 6.41 Å². The quantitative estimate of drug-likeness (QED) is 0.397. The van der Waals surface area contributed by atoms with Crippen molar-refractivity contribution in [3.63, 3.8) is 0 Å². The molecule has 8 heteroatoms. The number of carbonyl (C=O) groups is 1. The summed E-state index contributed by atoms with van der Waals surface area (Å²) in [6.07, 6.45) is 6.86. The lowest BCUT2D eigenvalue weighted by atomic mass is 9.89. The van der Waals surface area contributed by atoms with Crippen LogP contribution in [0.2, 0.25) is 0 Å². The molecule has 0 spiro atoms. The highest BCUT2D eigenvalue weighted by molar-refractivity contribution is 7.19. The van der Waals surface area contributed by atoms with Crippen molar-refractivity contribution in [2.24, 2.45) is 0 Å². The Labute approximate surface area is 208 Å². The van der Waals surface area contributed by atoms with Crippen LogP contribution in [0.1, 0.15) is 59.3 Å². The van der Waals surface area contributed by atoms with Crippen LogP contribution in [0.4, 0.5) is 0 Å². The Morgan fingerprint density at radius 2 is 1.94 bits per heavy atom. The first-order chi connectivity index (χ1) is 17.1. The second-order valence-electron chi connectivity index (χ2n) is 9.24. The topological polar surface area (TPSA) is 94.9 Å². The SMILES string of the molecule is Cc1cc2cc(C#N)ccc2s1.O=CN1CCC(c2ccnc3nc(C4CCOCC4)[nH]c23)CC1. The first kappa shape index (κ1) is 23.5. The number of benzene rings is 1. The molecule has 2 aliphatic rings. The summed E-state index contributed by atoms with van der Waals surface area (Å²) in [6, 6.07) is 12.1. The van der Waals surface area contributed by atoms with Gasteiger partial charge in [0.15, 0.2) is 5.65 Å². The third-order valence-electron chi connectivity index (χ3n) is 6.94. The van der Waals surface area contributed by atoms with Crippen LogP contribution in [0.3, 0.4) is 0 Å². The fraction of sp³-hybridized carbons (Fsp3) is 0.407. The maximum absolute atomic E-state index is 10.9.